The van der Waals surface area contributed by atoms with Crippen LogP contribution in [0.25, 0.3) is 0 Å². The van der Waals surface area contributed by atoms with E-state index in [1.807, 2.05) is 18.2 Å². The summed E-state index contributed by atoms with van der Waals surface area (Å²) in [5, 5.41) is 0. The Kier molecular flexibility index (Phi) is 1.77. The summed E-state index contributed by atoms with van der Waals surface area (Å²) in [7, 11) is 0. The Balaban J connectivity index is 2.44. The Bertz CT molecular complexity index is 345. The van der Waals surface area contributed by atoms with E-state index in [9.17, 15) is 0 Å². The number of nitrogens with zero attached hydrogens (tertiary/aromatic N) is 1. The summed E-state index contributed by atoms with van der Waals surface area (Å²) in [6.07, 6.45) is 10.2. The van der Waals surface area contributed by atoms with Gasteiger partial charge in [0.25, 0.3) is 0 Å². The summed E-state index contributed by atoms with van der Waals surface area (Å²) in [5.74, 6) is 0.363. The molecular weight excluding hydrogens is 166 g/mol. The van der Waals surface area contributed by atoms with Gasteiger partial charge in [0.1, 0.15) is 4.99 Å². The maximum atomic E-state index is 5.03. The minimum Gasteiger partial charge on any atom is -0.241 e. The quantitative estimate of drug-likeness (QED) is 0.515. The molecule has 0 radical (unpaired) electrons. The molecule has 0 spiro atoms. The van der Waals surface area contributed by atoms with E-state index in [1.165, 1.54) is 5.57 Å². The second kappa shape index (κ2) is 2.79. The topological polar surface area (TPSA) is 12.4 Å². The van der Waals surface area contributed by atoms with Gasteiger partial charge in [0.05, 0.1) is 5.71 Å². The van der Waals surface area contributed by atoms with Crippen molar-refractivity contribution < 1.29 is 0 Å². The van der Waals surface area contributed by atoms with Crippen molar-refractivity contribution in [3.05, 3.63) is 36.0 Å². The van der Waals surface area contributed by atoms with Gasteiger partial charge in [-0.2, -0.15) is 0 Å². The van der Waals surface area contributed by atoms with Gasteiger partial charge in [0, 0.05) is 5.92 Å². The fraction of sp³-hybridized carbons (Fsp3) is 0.200. The molecule has 2 rings (SSSR count). The van der Waals surface area contributed by atoms with Crippen LogP contribution in [0.2, 0.25) is 0 Å². The molecule has 0 amide bonds. The van der Waals surface area contributed by atoms with Gasteiger partial charge in [0.2, 0.25) is 0 Å². The van der Waals surface area contributed by atoms with E-state index < -0.39 is 0 Å². The maximum absolute atomic E-state index is 5.03. The molecule has 0 fully saturated rings. The van der Waals surface area contributed by atoms with Crippen molar-refractivity contribution in [3.63, 3.8) is 0 Å². The van der Waals surface area contributed by atoms with Crippen molar-refractivity contribution in [2.24, 2.45) is 10.9 Å². The molecule has 0 aromatic carbocycles. The van der Waals surface area contributed by atoms with Gasteiger partial charge in [-0.15, -0.1) is 0 Å². The summed E-state index contributed by atoms with van der Waals surface area (Å²) in [5.41, 5.74) is 2.35. The molecule has 0 bridgehead atoms. The predicted octanol–water partition coefficient (Wildman–Crippen LogP) is 2.46. The zero-order valence-corrected chi connectivity index (χ0v) is 7.64. The SMILES string of the molecule is CC1=CC(=S)N=C2C=CC=CC12. The number of thiocarbonyl (C=S) groups is 1. The average Bonchev–Trinajstić information content (AvgIpc) is 2.04. The monoisotopic (exact) mass is 175 g/mol. The van der Waals surface area contributed by atoms with Crippen LogP contribution in [-0.4, -0.2) is 10.7 Å². The van der Waals surface area contributed by atoms with Crippen LogP contribution in [0.4, 0.5) is 0 Å². The lowest BCUT2D eigenvalue weighted by molar-refractivity contribution is 1.01. The minimum atomic E-state index is 0.363. The summed E-state index contributed by atoms with van der Waals surface area (Å²) in [6, 6.07) is 0. The van der Waals surface area contributed by atoms with Gasteiger partial charge in [-0.05, 0) is 19.1 Å². The standard InChI is InChI=1S/C10H9NS/c1-7-6-10(12)11-9-5-3-2-4-8(7)9/h2-6,8H,1H3. The first kappa shape index (κ1) is 7.62. The van der Waals surface area contributed by atoms with Crippen molar-refractivity contribution in [3.8, 4) is 0 Å². The normalized spacial score (nSPS) is 26.4. The lowest BCUT2D eigenvalue weighted by atomic mass is 9.89. The summed E-state index contributed by atoms with van der Waals surface area (Å²) >= 11 is 5.03. The highest BCUT2D eigenvalue weighted by atomic mass is 32.1. The molecular formula is C10H9NS. The second-order valence-corrected chi connectivity index (χ2v) is 3.40. The second-order valence-electron chi connectivity index (χ2n) is 2.98. The minimum absolute atomic E-state index is 0.363. The van der Waals surface area contributed by atoms with Crippen LogP contribution in [-0.2, 0) is 0 Å². The molecule has 1 aliphatic carbocycles. The summed E-state index contributed by atoms with van der Waals surface area (Å²) in [6.45, 7) is 2.09. The highest BCUT2D eigenvalue weighted by molar-refractivity contribution is 7.80. The van der Waals surface area contributed by atoms with Crippen LogP contribution in [0.15, 0.2) is 40.9 Å². The molecule has 0 aromatic heterocycles. The molecule has 12 heavy (non-hydrogen) atoms. The first-order chi connectivity index (χ1) is 5.77. The number of aliphatic imine (C=N–C) groups is 1. The molecule has 0 aromatic rings. The molecule has 60 valence electrons. The van der Waals surface area contributed by atoms with Crippen molar-refractivity contribution in [1.29, 1.82) is 0 Å². The molecule has 0 saturated heterocycles. The van der Waals surface area contributed by atoms with Crippen molar-refractivity contribution in [2.75, 3.05) is 0 Å². The van der Waals surface area contributed by atoms with Crippen LogP contribution in [0, 0.1) is 5.92 Å². The van der Waals surface area contributed by atoms with Gasteiger partial charge < -0.3 is 0 Å². The Morgan fingerprint density at radius 1 is 1.42 bits per heavy atom. The highest BCUT2D eigenvalue weighted by Gasteiger charge is 2.18. The number of allylic oxidation sites excluding steroid dienone is 5. The maximum Gasteiger partial charge on any atom is 0.126 e. The molecule has 1 unspecified atom stereocenters. The van der Waals surface area contributed by atoms with Gasteiger partial charge in [0.15, 0.2) is 0 Å². The highest BCUT2D eigenvalue weighted by Crippen LogP contribution is 2.22. The van der Waals surface area contributed by atoms with E-state index in [2.05, 4.69) is 24.1 Å². The van der Waals surface area contributed by atoms with Gasteiger partial charge in [-0.3, -0.25) is 0 Å². The van der Waals surface area contributed by atoms with Crippen molar-refractivity contribution in [2.45, 2.75) is 6.92 Å². The van der Waals surface area contributed by atoms with Crippen LogP contribution in [0.1, 0.15) is 6.92 Å². The smallest absolute Gasteiger partial charge is 0.126 e. The van der Waals surface area contributed by atoms with Gasteiger partial charge >= 0.3 is 0 Å². The fourth-order valence-electron chi connectivity index (χ4n) is 1.47. The van der Waals surface area contributed by atoms with Crippen molar-refractivity contribution in [1.82, 2.24) is 0 Å². The lowest BCUT2D eigenvalue weighted by Gasteiger charge is -2.20. The third-order valence-corrected chi connectivity index (χ3v) is 2.29. The first-order valence-electron chi connectivity index (χ1n) is 3.93. The molecule has 0 N–H and O–H groups in total. The Hall–Kier alpha value is -1.02. The molecule has 1 atom stereocenters. The Morgan fingerprint density at radius 3 is 3.08 bits per heavy atom. The summed E-state index contributed by atoms with van der Waals surface area (Å²) < 4.78 is 0. The van der Waals surface area contributed by atoms with Gasteiger partial charge in [-0.1, -0.05) is 36.0 Å². The number of dihydropyridines is 1. The zero-order chi connectivity index (χ0) is 8.55. The Morgan fingerprint density at radius 2 is 2.25 bits per heavy atom. The van der Waals surface area contributed by atoms with E-state index in [-0.39, 0.29) is 0 Å². The number of fused-ring (bicyclic) bond motifs is 1. The summed E-state index contributed by atoms with van der Waals surface area (Å²) in [4.78, 5) is 4.98. The van der Waals surface area contributed by atoms with E-state index in [0.29, 0.717) is 10.9 Å². The number of rotatable bonds is 0. The van der Waals surface area contributed by atoms with E-state index in [0.717, 1.165) is 5.71 Å². The predicted molar refractivity (Wildman–Crippen MR) is 55.6 cm³/mol. The van der Waals surface area contributed by atoms with Crippen molar-refractivity contribution >= 4 is 22.9 Å². The number of hydrogen-bond acceptors (Lipinski definition) is 1. The fourth-order valence-corrected chi connectivity index (χ4v) is 1.76. The van der Waals surface area contributed by atoms with Crippen LogP contribution < -0.4 is 0 Å². The first-order valence-corrected chi connectivity index (χ1v) is 4.34. The third kappa shape index (κ3) is 1.18. The molecule has 1 nitrogen and oxygen atoms in total. The average molecular weight is 175 g/mol. The molecule has 1 heterocycles. The molecule has 2 aliphatic rings. The number of hydrogen-bond donors (Lipinski definition) is 0. The van der Waals surface area contributed by atoms with E-state index in [1.54, 1.807) is 0 Å². The van der Waals surface area contributed by atoms with Crippen LogP contribution >= 0.6 is 12.2 Å². The largest absolute Gasteiger partial charge is 0.241 e. The van der Waals surface area contributed by atoms with Crippen LogP contribution in [0.3, 0.4) is 0 Å². The third-order valence-electron chi connectivity index (χ3n) is 2.08. The Labute approximate surface area is 77.2 Å². The zero-order valence-electron chi connectivity index (χ0n) is 6.82. The van der Waals surface area contributed by atoms with E-state index in [4.69, 9.17) is 12.2 Å². The van der Waals surface area contributed by atoms with Crippen LogP contribution in [0.5, 0.6) is 0 Å². The van der Waals surface area contributed by atoms with Gasteiger partial charge in [-0.25, -0.2) is 4.99 Å². The lowest BCUT2D eigenvalue weighted by Crippen LogP contribution is -2.18. The molecule has 0 saturated carbocycles. The molecule has 1 aliphatic heterocycles. The van der Waals surface area contributed by atoms with E-state index >= 15 is 0 Å². The molecule has 2 heteroatoms.